The number of fused-ring (bicyclic) bond motifs is 1. The van der Waals surface area contributed by atoms with Crippen LogP contribution >= 0.6 is 0 Å². The number of para-hydroxylation sites is 1. The SMILES string of the molecule is FC(F)(F)Oc1cccc2c1NCC2C1CCCCC1. The summed E-state index contributed by atoms with van der Waals surface area (Å²) >= 11 is 0. The van der Waals surface area contributed by atoms with Crippen molar-refractivity contribution in [1.29, 1.82) is 0 Å². The van der Waals surface area contributed by atoms with Gasteiger partial charge in [-0.2, -0.15) is 0 Å². The molecule has 1 aromatic rings. The molecule has 5 heteroatoms. The van der Waals surface area contributed by atoms with Gasteiger partial charge in [0.2, 0.25) is 0 Å². The Kier molecular flexibility index (Phi) is 3.52. The van der Waals surface area contributed by atoms with Crippen molar-refractivity contribution in [3.05, 3.63) is 23.8 Å². The van der Waals surface area contributed by atoms with Crippen molar-refractivity contribution in [3.8, 4) is 5.75 Å². The zero-order valence-electron chi connectivity index (χ0n) is 11.2. The second-order valence-electron chi connectivity index (χ2n) is 5.65. The van der Waals surface area contributed by atoms with Crippen molar-refractivity contribution in [3.63, 3.8) is 0 Å². The third kappa shape index (κ3) is 2.72. The first kappa shape index (κ1) is 13.6. The minimum absolute atomic E-state index is 0.103. The summed E-state index contributed by atoms with van der Waals surface area (Å²) in [4.78, 5) is 0. The molecule has 1 fully saturated rings. The molecule has 20 heavy (non-hydrogen) atoms. The van der Waals surface area contributed by atoms with E-state index in [0.717, 1.165) is 12.1 Å². The van der Waals surface area contributed by atoms with Crippen molar-refractivity contribution < 1.29 is 17.9 Å². The maximum atomic E-state index is 12.4. The topological polar surface area (TPSA) is 21.3 Å². The molecule has 0 aromatic heterocycles. The lowest BCUT2D eigenvalue weighted by Gasteiger charge is -2.27. The Morgan fingerprint density at radius 2 is 1.85 bits per heavy atom. The van der Waals surface area contributed by atoms with Crippen LogP contribution in [0.25, 0.3) is 0 Å². The van der Waals surface area contributed by atoms with Gasteiger partial charge in [0.1, 0.15) is 0 Å². The number of anilines is 1. The van der Waals surface area contributed by atoms with Gasteiger partial charge >= 0.3 is 6.36 Å². The minimum Gasteiger partial charge on any atom is -0.404 e. The fraction of sp³-hybridized carbons (Fsp3) is 0.600. The number of alkyl halides is 3. The number of rotatable bonds is 2. The Bertz CT molecular complexity index is 480. The van der Waals surface area contributed by atoms with Gasteiger partial charge in [0.25, 0.3) is 0 Å². The molecule has 1 saturated carbocycles. The molecule has 1 unspecified atom stereocenters. The summed E-state index contributed by atoms with van der Waals surface area (Å²) in [6, 6.07) is 4.96. The van der Waals surface area contributed by atoms with Crippen LogP contribution in [0, 0.1) is 5.92 Å². The molecule has 0 radical (unpaired) electrons. The molecule has 2 aliphatic rings. The average Bonchev–Trinajstić information content (AvgIpc) is 2.83. The first-order valence-corrected chi connectivity index (χ1v) is 7.17. The summed E-state index contributed by atoms with van der Waals surface area (Å²) in [5.74, 6) is 0.800. The Morgan fingerprint density at radius 3 is 2.55 bits per heavy atom. The highest BCUT2D eigenvalue weighted by atomic mass is 19.4. The minimum atomic E-state index is -4.64. The van der Waals surface area contributed by atoms with Crippen LogP contribution in [0.5, 0.6) is 5.75 Å². The van der Waals surface area contributed by atoms with Crippen LogP contribution in [0.1, 0.15) is 43.6 Å². The van der Waals surface area contributed by atoms with Crippen molar-refractivity contribution in [2.75, 3.05) is 11.9 Å². The normalized spacial score (nSPS) is 23.2. The number of benzene rings is 1. The van der Waals surface area contributed by atoms with Crippen molar-refractivity contribution in [2.45, 2.75) is 44.4 Å². The molecule has 1 atom stereocenters. The van der Waals surface area contributed by atoms with E-state index in [9.17, 15) is 13.2 Å². The van der Waals surface area contributed by atoms with E-state index in [1.54, 1.807) is 6.07 Å². The molecule has 110 valence electrons. The second-order valence-corrected chi connectivity index (χ2v) is 5.65. The van der Waals surface area contributed by atoms with Crippen LogP contribution in [0.15, 0.2) is 18.2 Å². The predicted molar refractivity (Wildman–Crippen MR) is 70.9 cm³/mol. The van der Waals surface area contributed by atoms with E-state index in [-0.39, 0.29) is 5.75 Å². The van der Waals surface area contributed by atoms with Crippen LogP contribution in [-0.2, 0) is 0 Å². The van der Waals surface area contributed by atoms with Crippen molar-refractivity contribution in [2.24, 2.45) is 5.92 Å². The largest absolute Gasteiger partial charge is 0.573 e. The molecule has 1 aliphatic heterocycles. The number of nitrogens with one attached hydrogen (secondary N) is 1. The van der Waals surface area contributed by atoms with E-state index in [0.29, 0.717) is 17.5 Å². The molecular weight excluding hydrogens is 267 g/mol. The summed E-state index contributed by atoms with van der Waals surface area (Å²) in [6.07, 6.45) is 1.46. The van der Waals surface area contributed by atoms with E-state index in [2.05, 4.69) is 10.1 Å². The standard InChI is InChI=1S/C15H18F3NO/c16-15(17,18)20-13-8-4-7-11-12(9-19-14(11)13)10-5-2-1-3-6-10/h4,7-8,10,12,19H,1-3,5-6,9H2. The Labute approximate surface area is 116 Å². The maximum Gasteiger partial charge on any atom is 0.573 e. The van der Waals surface area contributed by atoms with Crippen LogP contribution < -0.4 is 10.1 Å². The molecule has 0 spiro atoms. The molecule has 1 heterocycles. The molecule has 0 bridgehead atoms. The Morgan fingerprint density at radius 1 is 1.10 bits per heavy atom. The maximum absolute atomic E-state index is 12.4. The molecule has 2 nitrogen and oxygen atoms in total. The summed E-state index contributed by atoms with van der Waals surface area (Å²) in [6.45, 7) is 0.720. The van der Waals surface area contributed by atoms with Gasteiger partial charge in [0.15, 0.2) is 5.75 Å². The monoisotopic (exact) mass is 285 g/mol. The van der Waals surface area contributed by atoms with Crippen LogP contribution in [0.3, 0.4) is 0 Å². The van der Waals surface area contributed by atoms with Gasteiger partial charge in [0, 0.05) is 12.5 Å². The van der Waals surface area contributed by atoms with Gasteiger partial charge in [-0.1, -0.05) is 31.4 Å². The van der Waals surface area contributed by atoms with E-state index in [1.165, 1.54) is 38.2 Å². The predicted octanol–water partition coefficient (Wildman–Crippen LogP) is 4.67. The summed E-state index contributed by atoms with van der Waals surface area (Å²) in [7, 11) is 0. The summed E-state index contributed by atoms with van der Waals surface area (Å²) in [5, 5.41) is 3.11. The van der Waals surface area contributed by atoms with Gasteiger partial charge in [0.05, 0.1) is 5.69 Å². The van der Waals surface area contributed by atoms with Gasteiger partial charge < -0.3 is 10.1 Å². The van der Waals surface area contributed by atoms with E-state index in [1.807, 2.05) is 6.07 Å². The van der Waals surface area contributed by atoms with E-state index in [4.69, 9.17) is 0 Å². The molecule has 3 rings (SSSR count). The quantitative estimate of drug-likeness (QED) is 0.852. The van der Waals surface area contributed by atoms with Crippen molar-refractivity contribution in [1.82, 2.24) is 0 Å². The smallest absolute Gasteiger partial charge is 0.404 e. The third-order valence-corrected chi connectivity index (χ3v) is 4.40. The number of halogens is 3. The number of hydrogen-bond acceptors (Lipinski definition) is 2. The molecule has 1 N–H and O–H groups in total. The number of hydrogen-bond donors (Lipinski definition) is 1. The zero-order valence-corrected chi connectivity index (χ0v) is 11.2. The molecule has 1 aliphatic carbocycles. The number of ether oxygens (including phenoxy) is 1. The highest BCUT2D eigenvalue weighted by Gasteiger charge is 2.36. The van der Waals surface area contributed by atoms with Crippen LogP contribution in [-0.4, -0.2) is 12.9 Å². The lowest BCUT2D eigenvalue weighted by atomic mass is 9.78. The fourth-order valence-corrected chi connectivity index (χ4v) is 3.54. The summed E-state index contributed by atoms with van der Waals surface area (Å²) < 4.78 is 41.4. The molecule has 0 saturated heterocycles. The van der Waals surface area contributed by atoms with E-state index >= 15 is 0 Å². The fourth-order valence-electron chi connectivity index (χ4n) is 3.54. The highest BCUT2D eigenvalue weighted by molar-refractivity contribution is 5.67. The van der Waals surface area contributed by atoms with Crippen LogP contribution in [0.2, 0.25) is 0 Å². The summed E-state index contributed by atoms with van der Waals surface area (Å²) in [5.41, 5.74) is 1.51. The molecule has 0 amide bonds. The van der Waals surface area contributed by atoms with Gasteiger partial charge in [-0.05, 0) is 30.4 Å². The molecular formula is C15H18F3NO. The van der Waals surface area contributed by atoms with Gasteiger partial charge in [-0.15, -0.1) is 13.2 Å². The Balaban J connectivity index is 1.84. The lowest BCUT2D eigenvalue weighted by Crippen LogP contribution is -2.17. The zero-order chi connectivity index (χ0) is 14.2. The van der Waals surface area contributed by atoms with Gasteiger partial charge in [-0.3, -0.25) is 0 Å². The molecule has 1 aromatic carbocycles. The van der Waals surface area contributed by atoms with Gasteiger partial charge in [-0.25, -0.2) is 0 Å². The lowest BCUT2D eigenvalue weighted by molar-refractivity contribution is -0.274. The van der Waals surface area contributed by atoms with Crippen LogP contribution in [0.4, 0.5) is 18.9 Å². The highest BCUT2D eigenvalue weighted by Crippen LogP contribution is 2.46. The van der Waals surface area contributed by atoms with Crippen molar-refractivity contribution >= 4 is 5.69 Å². The first-order valence-electron chi connectivity index (χ1n) is 7.17. The third-order valence-electron chi connectivity index (χ3n) is 4.40. The Hall–Kier alpha value is -1.39. The second kappa shape index (κ2) is 5.19. The first-order chi connectivity index (χ1) is 9.54. The van der Waals surface area contributed by atoms with E-state index < -0.39 is 6.36 Å². The average molecular weight is 285 g/mol.